The second-order valence-electron chi connectivity index (χ2n) is 7.68. The molecule has 3 aromatic rings. The van der Waals surface area contributed by atoms with Crippen molar-refractivity contribution in [3.05, 3.63) is 57.0 Å². The quantitative estimate of drug-likeness (QED) is 0.421. The molecule has 1 N–H and O–H groups in total. The molecule has 2 aromatic carbocycles. The summed E-state index contributed by atoms with van der Waals surface area (Å²) in [6, 6.07) is 9.10. The van der Waals surface area contributed by atoms with Crippen LogP contribution in [0.25, 0.3) is 22.8 Å². The number of ether oxygens (including phenoxy) is 1. The monoisotopic (exact) mass is 556 g/mol. The van der Waals surface area contributed by atoms with Gasteiger partial charge >= 0.3 is 6.09 Å². The van der Waals surface area contributed by atoms with Crippen molar-refractivity contribution in [2.24, 2.45) is 0 Å². The molecule has 0 unspecified atom stereocenters. The van der Waals surface area contributed by atoms with Crippen LogP contribution in [0.5, 0.6) is 0 Å². The second-order valence-corrected chi connectivity index (χ2v) is 9.51. The maximum atomic E-state index is 14.6. The lowest BCUT2D eigenvalue weighted by molar-refractivity contribution is 0.0526. The number of nitrogens with zero attached hydrogens (tertiary/aromatic N) is 3. The third kappa shape index (κ3) is 5.88. The topological polar surface area (TPSA) is 69.0 Å². The zero-order valence-corrected chi connectivity index (χ0v) is 20.2. The molecule has 0 fully saturated rings. The highest BCUT2D eigenvalue weighted by Crippen LogP contribution is 2.30. The fourth-order valence-corrected chi connectivity index (χ4v) is 3.51. The third-order valence-electron chi connectivity index (χ3n) is 4.10. The van der Waals surface area contributed by atoms with Crippen molar-refractivity contribution < 1.29 is 18.3 Å². The number of benzene rings is 2. The predicted molar refractivity (Wildman–Crippen MR) is 120 cm³/mol. The van der Waals surface area contributed by atoms with E-state index in [1.54, 1.807) is 49.6 Å². The number of hydrogen-bond acceptors (Lipinski definition) is 4. The summed E-state index contributed by atoms with van der Waals surface area (Å²) >= 11 is 6.46. The Labute approximate surface area is 195 Å². The summed E-state index contributed by atoms with van der Waals surface area (Å²) in [6.07, 6.45) is -0.590. The van der Waals surface area contributed by atoms with Gasteiger partial charge in [0.15, 0.2) is 11.6 Å². The van der Waals surface area contributed by atoms with Crippen molar-refractivity contribution in [3.63, 3.8) is 0 Å². The van der Waals surface area contributed by atoms with Gasteiger partial charge in [-0.05, 0) is 57.2 Å². The fraction of sp³-hybridized carbons (Fsp3) is 0.286. The van der Waals surface area contributed by atoms with Crippen LogP contribution >= 0.6 is 31.9 Å². The van der Waals surface area contributed by atoms with Crippen LogP contribution in [0, 0.1) is 11.6 Å². The van der Waals surface area contributed by atoms with Crippen LogP contribution < -0.4 is 5.32 Å². The maximum Gasteiger partial charge on any atom is 0.407 e. The van der Waals surface area contributed by atoms with Crippen LogP contribution in [0.2, 0.25) is 0 Å². The van der Waals surface area contributed by atoms with Crippen LogP contribution in [0.1, 0.15) is 20.8 Å². The number of halogens is 4. The van der Waals surface area contributed by atoms with Crippen molar-refractivity contribution in [2.75, 3.05) is 6.54 Å². The number of amides is 1. The Kier molecular flexibility index (Phi) is 7.10. The van der Waals surface area contributed by atoms with Gasteiger partial charge in [-0.25, -0.2) is 13.6 Å². The number of nitrogens with one attached hydrogen (secondary N) is 1. The number of alkyl carbamates (subject to hydrolysis) is 1. The standard InChI is InChI=1S/C21H20Br2F2N4O2/c1-21(2,3)31-20(30)26-8-9-29-18(14-6-4-12(22)10-16(14)24)27-28-19(29)15-7-5-13(23)11-17(15)25/h4-7,10-11H,8-9H2,1-3H3,(H,26,30). The number of aromatic nitrogens is 3. The van der Waals surface area contributed by atoms with Crippen molar-refractivity contribution in [3.8, 4) is 22.8 Å². The molecule has 0 aliphatic carbocycles. The molecule has 0 saturated carbocycles. The first-order valence-corrected chi connectivity index (χ1v) is 10.9. The normalized spacial score (nSPS) is 11.5. The molecule has 6 nitrogen and oxygen atoms in total. The first-order chi connectivity index (χ1) is 14.5. The summed E-state index contributed by atoms with van der Waals surface area (Å²) in [5, 5.41) is 10.9. The van der Waals surface area contributed by atoms with E-state index in [4.69, 9.17) is 4.74 Å². The van der Waals surface area contributed by atoms with Crippen molar-refractivity contribution >= 4 is 38.0 Å². The minimum absolute atomic E-state index is 0.142. The van der Waals surface area contributed by atoms with Crippen LogP contribution in [0.15, 0.2) is 45.3 Å². The first-order valence-electron chi connectivity index (χ1n) is 9.36. The largest absolute Gasteiger partial charge is 0.444 e. The molecule has 1 aromatic heterocycles. The molecule has 31 heavy (non-hydrogen) atoms. The van der Waals surface area contributed by atoms with E-state index in [-0.39, 0.29) is 35.9 Å². The summed E-state index contributed by atoms with van der Waals surface area (Å²) in [5.74, 6) is -0.585. The zero-order chi connectivity index (χ0) is 22.8. The van der Waals surface area contributed by atoms with Crippen molar-refractivity contribution in [1.82, 2.24) is 20.1 Å². The Hall–Kier alpha value is -2.33. The van der Waals surface area contributed by atoms with Crippen LogP contribution in [0.3, 0.4) is 0 Å². The highest BCUT2D eigenvalue weighted by atomic mass is 79.9. The van der Waals surface area contributed by atoms with Gasteiger partial charge in [-0.15, -0.1) is 10.2 Å². The SMILES string of the molecule is CC(C)(C)OC(=O)NCCn1c(-c2ccc(Br)cc2F)nnc1-c1ccc(Br)cc1F. The predicted octanol–water partition coefficient (Wildman–Crippen LogP) is 5.94. The van der Waals surface area contributed by atoms with E-state index in [9.17, 15) is 13.6 Å². The van der Waals surface area contributed by atoms with E-state index in [1.807, 2.05) is 0 Å². The third-order valence-corrected chi connectivity index (χ3v) is 5.08. The smallest absolute Gasteiger partial charge is 0.407 e. The van der Waals surface area contributed by atoms with Gasteiger partial charge in [0.05, 0.1) is 11.1 Å². The lowest BCUT2D eigenvalue weighted by Gasteiger charge is -2.20. The van der Waals surface area contributed by atoms with Gasteiger partial charge in [-0.2, -0.15) is 0 Å². The number of rotatable bonds is 5. The van der Waals surface area contributed by atoms with Crippen LogP contribution in [-0.2, 0) is 11.3 Å². The molecule has 0 aliphatic heterocycles. The van der Waals surface area contributed by atoms with Crippen LogP contribution in [-0.4, -0.2) is 33.0 Å². The van der Waals surface area contributed by atoms with E-state index in [2.05, 4.69) is 47.4 Å². The summed E-state index contributed by atoms with van der Waals surface area (Å²) in [6.45, 7) is 5.59. The number of hydrogen-bond donors (Lipinski definition) is 1. The zero-order valence-electron chi connectivity index (χ0n) is 17.0. The van der Waals surface area contributed by atoms with Gasteiger partial charge in [-0.3, -0.25) is 0 Å². The minimum Gasteiger partial charge on any atom is -0.444 e. The van der Waals surface area contributed by atoms with Crippen molar-refractivity contribution in [2.45, 2.75) is 32.9 Å². The molecule has 10 heteroatoms. The Morgan fingerprint density at radius 1 is 1.00 bits per heavy atom. The fourth-order valence-electron chi connectivity index (χ4n) is 2.84. The van der Waals surface area contributed by atoms with Gasteiger partial charge in [0.1, 0.15) is 17.2 Å². The van der Waals surface area contributed by atoms with Gasteiger partial charge in [-0.1, -0.05) is 31.9 Å². The second kappa shape index (κ2) is 9.44. The Morgan fingerprint density at radius 2 is 1.48 bits per heavy atom. The van der Waals surface area contributed by atoms with Crippen LogP contribution in [0.4, 0.5) is 13.6 Å². The van der Waals surface area contributed by atoms with E-state index < -0.39 is 23.3 Å². The molecule has 0 aliphatic rings. The molecule has 1 amide bonds. The highest BCUT2D eigenvalue weighted by Gasteiger charge is 2.21. The summed E-state index contributed by atoms with van der Waals surface area (Å²) in [7, 11) is 0. The average Bonchev–Trinajstić information content (AvgIpc) is 3.03. The highest BCUT2D eigenvalue weighted by molar-refractivity contribution is 9.10. The Balaban J connectivity index is 1.97. The molecule has 1 heterocycles. The van der Waals surface area contributed by atoms with E-state index in [0.717, 1.165) is 0 Å². The molecule has 0 atom stereocenters. The summed E-state index contributed by atoms with van der Waals surface area (Å²) in [5.41, 5.74) is -0.230. The van der Waals surface area contributed by atoms with Gasteiger partial charge in [0.25, 0.3) is 0 Å². The average molecular weight is 558 g/mol. The van der Waals surface area contributed by atoms with Gasteiger partial charge < -0.3 is 14.6 Å². The maximum absolute atomic E-state index is 14.6. The molecular formula is C21H20Br2F2N4O2. The minimum atomic E-state index is -0.641. The molecular weight excluding hydrogens is 538 g/mol. The van der Waals surface area contributed by atoms with Gasteiger partial charge in [0.2, 0.25) is 0 Å². The summed E-state index contributed by atoms with van der Waals surface area (Å²) < 4.78 is 37.2. The first kappa shape index (κ1) is 23.3. The Morgan fingerprint density at radius 3 is 1.90 bits per heavy atom. The molecule has 0 radical (unpaired) electrons. The number of carbonyl (C=O) groups excluding carboxylic acids is 1. The number of carbonyl (C=O) groups is 1. The van der Waals surface area contributed by atoms with Crippen molar-refractivity contribution in [1.29, 1.82) is 0 Å². The molecule has 3 rings (SSSR count). The molecule has 0 bridgehead atoms. The lowest BCUT2D eigenvalue weighted by Crippen LogP contribution is -2.34. The lowest BCUT2D eigenvalue weighted by atomic mass is 10.1. The molecule has 0 saturated heterocycles. The Bertz CT molecular complexity index is 1040. The molecule has 0 spiro atoms. The van der Waals surface area contributed by atoms with Gasteiger partial charge in [0, 0.05) is 22.0 Å². The van der Waals surface area contributed by atoms with E-state index >= 15 is 0 Å². The molecule has 164 valence electrons. The van der Waals surface area contributed by atoms with E-state index in [1.165, 1.54) is 12.1 Å². The summed E-state index contributed by atoms with van der Waals surface area (Å²) in [4.78, 5) is 12.0. The van der Waals surface area contributed by atoms with E-state index in [0.29, 0.717) is 8.95 Å².